The van der Waals surface area contributed by atoms with Crippen LogP contribution in [0.25, 0.3) is 0 Å². The first-order valence-electron chi connectivity index (χ1n) is 9.26. The second kappa shape index (κ2) is 8.96. The molecule has 0 saturated carbocycles. The zero-order chi connectivity index (χ0) is 21.7. The van der Waals surface area contributed by atoms with E-state index in [4.69, 9.17) is 16.3 Å². The lowest BCUT2D eigenvalue weighted by Gasteiger charge is -2.25. The first kappa shape index (κ1) is 21.3. The number of ether oxygens (including phenoxy) is 1. The van der Waals surface area contributed by atoms with Crippen molar-refractivity contribution in [2.75, 3.05) is 10.6 Å². The van der Waals surface area contributed by atoms with E-state index in [1.165, 1.54) is 17.3 Å². The number of aromatic nitrogens is 3. The first-order chi connectivity index (χ1) is 14.2. The standard InChI is InChI=1S/C21H22ClN5O3/c1-14(27-13-23-12-24-27)19(28)25-16-6-8-17(9-7-16)26-20(29)21(2,3)30-18-10-4-15(22)5-11-18/h4-14H,1-3H3,(H,25,28)(H,26,29). The molecule has 3 aromatic rings. The van der Waals surface area contributed by atoms with Crippen LogP contribution >= 0.6 is 11.6 Å². The number of anilines is 2. The highest BCUT2D eigenvalue weighted by Crippen LogP contribution is 2.23. The summed E-state index contributed by atoms with van der Waals surface area (Å²) in [6.07, 6.45) is 2.86. The van der Waals surface area contributed by atoms with Crippen molar-refractivity contribution < 1.29 is 14.3 Å². The van der Waals surface area contributed by atoms with Crippen molar-refractivity contribution in [1.29, 1.82) is 0 Å². The number of amides is 2. The predicted octanol–water partition coefficient (Wildman–Crippen LogP) is 3.93. The monoisotopic (exact) mass is 427 g/mol. The minimum atomic E-state index is -1.10. The molecule has 0 bridgehead atoms. The summed E-state index contributed by atoms with van der Waals surface area (Å²) in [5.74, 6) is 0.00272. The number of rotatable bonds is 7. The molecule has 0 spiro atoms. The van der Waals surface area contributed by atoms with E-state index in [9.17, 15) is 9.59 Å². The highest BCUT2D eigenvalue weighted by molar-refractivity contribution is 6.30. The Morgan fingerprint density at radius 2 is 1.63 bits per heavy atom. The second-order valence-electron chi connectivity index (χ2n) is 7.14. The van der Waals surface area contributed by atoms with Gasteiger partial charge in [0.25, 0.3) is 5.91 Å². The molecule has 0 aliphatic heterocycles. The van der Waals surface area contributed by atoms with Crippen molar-refractivity contribution >= 4 is 34.8 Å². The summed E-state index contributed by atoms with van der Waals surface area (Å²) in [5.41, 5.74) is 0.0743. The van der Waals surface area contributed by atoms with Gasteiger partial charge in [-0.1, -0.05) is 11.6 Å². The molecule has 0 aliphatic rings. The van der Waals surface area contributed by atoms with Gasteiger partial charge in [-0.15, -0.1) is 0 Å². The van der Waals surface area contributed by atoms with Gasteiger partial charge in [0.05, 0.1) is 0 Å². The molecule has 9 heteroatoms. The SMILES string of the molecule is CC(C(=O)Nc1ccc(NC(=O)C(C)(C)Oc2ccc(Cl)cc2)cc1)n1cncn1. The topological polar surface area (TPSA) is 98.1 Å². The van der Waals surface area contributed by atoms with Gasteiger partial charge < -0.3 is 15.4 Å². The van der Waals surface area contributed by atoms with Crippen molar-refractivity contribution in [3.63, 3.8) is 0 Å². The Kier molecular flexibility index (Phi) is 6.37. The second-order valence-corrected chi connectivity index (χ2v) is 7.57. The van der Waals surface area contributed by atoms with Crippen molar-refractivity contribution in [3.8, 4) is 5.75 Å². The molecule has 1 aromatic heterocycles. The molecule has 30 heavy (non-hydrogen) atoms. The van der Waals surface area contributed by atoms with E-state index >= 15 is 0 Å². The molecule has 2 N–H and O–H groups in total. The van der Waals surface area contributed by atoms with Crippen molar-refractivity contribution in [3.05, 3.63) is 66.2 Å². The molecule has 0 saturated heterocycles. The summed E-state index contributed by atoms with van der Waals surface area (Å²) in [6, 6.07) is 13.1. The molecule has 0 fully saturated rings. The van der Waals surface area contributed by atoms with E-state index in [1.54, 1.807) is 69.3 Å². The Bertz CT molecular complexity index is 1000. The van der Waals surface area contributed by atoms with Crippen LogP contribution in [0, 0.1) is 0 Å². The Labute approximate surface area is 179 Å². The molecule has 0 radical (unpaired) electrons. The van der Waals surface area contributed by atoms with Gasteiger partial charge in [0.2, 0.25) is 5.91 Å². The average molecular weight is 428 g/mol. The lowest BCUT2D eigenvalue weighted by Crippen LogP contribution is -2.42. The molecule has 0 aliphatic carbocycles. The lowest BCUT2D eigenvalue weighted by molar-refractivity contribution is -0.128. The maximum atomic E-state index is 12.6. The largest absolute Gasteiger partial charge is 0.478 e. The number of nitrogens with one attached hydrogen (secondary N) is 2. The third-order valence-corrected chi connectivity index (χ3v) is 4.61. The van der Waals surface area contributed by atoms with Crippen LogP contribution in [0.1, 0.15) is 26.8 Å². The number of benzene rings is 2. The average Bonchev–Trinajstić information content (AvgIpc) is 3.25. The smallest absolute Gasteiger partial charge is 0.267 e. The van der Waals surface area contributed by atoms with Gasteiger partial charge in [0, 0.05) is 16.4 Å². The summed E-state index contributed by atoms with van der Waals surface area (Å²) in [5, 5.41) is 10.2. The summed E-state index contributed by atoms with van der Waals surface area (Å²) >= 11 is 5.87. The van der Waals surface area contributed by atoms with E-state index in [1.807, 2.05) is 0 Å². The van der Waals surface area contributed by atoms with Crippen LogP contribution in [0.2, 0.25) is 5.02 Å². The van der Waals surface area contributed by atoms with E-state index in [0.29, 0.717) is 22.1 Å². The van der Waals surface area contributed by atoms with Crippen molar-refractivity contribution in [2.24, 2.45) is 0 Å². The molecule has 156 valence electrons. The Morgan fingerprint density at radius 3 is 2.20 bits per heavy atom. The summed E-state index contributed by atoms with van der Waals surface area (Å²) in [7, 11) is 0. The maximum absolute atomic E-state index is 12.6. The van der Waals surface area contributed by atoms with Gasteiger partial charge in [0.1, 0.15) is 24.4 Å². The minimum absolute atomic E-state index is 0.227. The van der Waals surface area contributed by atoms with E-state index in [2.05, 4.69) is 20.7 Å². The molecular formula is C21H22ClN5O3. The number of hydrogen-bond acceptors (Lipinski definition) is 5. The van der Waals surface area contributed by atoms with E-state index in [0.717, 1.165) is 0 Å². The van der Waals surface area contributed by atoms with Gasteiger partial charge in [0.15, 0.2) is 5.60 Å². The van der Waals surface area contributed by atoms with Gasteiger partial charge in [-0.3, -0.25) is 9.59 Å². The minimum Gasteiger partial charge on any atom is -0.478 e. The third-order valence-electron chi connectivity index (χ3n) is 4.36. The Balaban J connectivity index is 1.58. The van der Waals surface area contributed by atoms with Gasteiger partial charge in [-0.05, 0) is 69.3 Å². The first-order valence-corrected chi connectivity index (χ1v) is 9.63. The highest BCUT2D eigenvalue weighted by Gasteiger charge is 2.30. The predicted molar refractivity (Wildman–Crippen MR) is 115 cm³/mol. The lowest BCUT2D eigenvalue weighted by atomic mass is 10.1. The molecule has 3 rings (SSSR count). The zero-order valence-corrected chi connectivity index (χ0v) is 17.6. The number of halogens is 1. The molecule has 1 atom stereocenters. The van der Waals surface area contributed by atoms with Crippen LogP contribution in [0.15, 0.2) is 61.2 Å². The number of nitrogens with zero attached hydrogens (tertiary/aromatic N) is 3. The fraction of sp³-hybridized carbons (Fsp3) is 0.238. The van der Waals surface area contributed by atoms with Crippen LogP contribution in [-0.2, 0) is 9.59 Å². The van der Waals surface area contributed by atoms with Crippen LogP contribution in [0.3, 0.4) is 0 Å². The summed E-state index contributed by atoms with van der Waals surface area (Å²) in [4.78, 5) is 28.8. The zero-order valence-electron chi connectivity index (χ0n) is 16.8. The highest BCUT2D eigenvalue weighted by atomic mass is 35.5. The third kappa shape index (κ3) is 5.36. The van der Waals surface area contributed by atoms with Gasteiger partial charge in [-0.2, -0.15) is 5.10 Å². The Morgan fingerprint density at radius 1 is 1.03 bits per heavy atom. The summed E-state index contributed by atoms with van der Waals surface area (Å²) in [6.45, 7) is 5.08. The molecule has 1 heterocycles. The summed E-state index contributed by atoms with van der Waals surface area (Å²) < 4.78 is 7.25. The molecule has 2 aromatic carbocycles. The fourth-order valence-corrected chi connectivity index (χ4v) is 2.67. The molecule has 1 unspecified atom stereocenters. The van der Waals surface area contributed by atoms with Crippen LogP contribution < -0.4 is 15.4 Å². The number of hydrogen-bond donors (Lipinski definition) is 2. The van der Waals surface area contributed by atoms with E-state index in [-0.39, 0.29) is 11.8 Å². The number of carbonyl (C=O) groups excluding carboxylic acids is 2. The van der Waals surface area contributed by atoms with Crippen LogP contribution in [0.5, 0.6) is 5.75 Å². The quantitative estimate of drug-likeness (QED) is 0.595. The van der Waals surface area contributed by atoms with Crippen molar-refractivity contribution in [2.45, 2.75) is 32.4 Å². The van der Waals surface area contributed by atoms with Gasteiger partial charge in [-0.25, -0.2) is 9.67 Å². The molecule has 2 amide bonds. The van der Waals surface area contributed by atoms with Gasteiger partial charge >= 0.3 is 0 Å². The fourth-order valence-electron chi connectivity index (χ4n) is 2.55. The van der Waals surface area contributed by atoms with E-state index < -0.39 is 11.6 Å². The molecule has 8 nitrogen and oxygen atoms in total. The Hall–Kier alpha value is -3.39. The van der Waals surface area contributed by atoms with Crippen LogP contribution in [-0.4, -0.2) is 32.2 Å². The van der Waals surface area contributed by atoms with Crippen molar-refractivity contribution in [1.82, 2.24) is 14.8 Å². The maximum Gasteiger partial charge on any atom is 0.267 e. The molecular weight excluding hydrogens is 406 g/mol. The van der Waals surface area contributed by atoms with Crippen LogP contribution in [0.4, 0.5) is 11.4 Å². The normalized spacial score (nSPS) is 12.1. The number of carbonyl (C=O) groups is 2.